The Labute approximate surface area is 90.4 Å². The number of hydrogen-bond donors (Lipinski definition) is 1. The summed E-state index contributed by atoms with van der Waals surface area (Å²) in [5, 5.41) is 0. The van der Waals surface area contributed by atoms with Gasteiger partial charge in [0, 0.05) is 24.4 Å². The maximum atomic E-state index is 5.58. The van der Waals surface area contributed by atoms with Crippen LogP contribution in [0.1, 0.15) is 18.2 Å². The van der Waals surface area contributed by atoms with Crippen molar-refractivity contribution < 1.29 is 9.47 Å². The van der Waals surface area contributed by atoms with Gasteiger partial charge in [-0.2, -0.15) is 0 Å². The normalized spacial score (nSPS) is 10.3. The number of hydrogen-bond acceptors (Lipinski definition) is 4. The van der Waals surface area contributed by atoms with Crippen LogP contribution in [0, 0.1) is 6.92 Å². The van der Waals surface area contributed by atoms with Gasteiger partial charge in [0.15, 0.2) is 0 Å². The Kier molecular flexibility index (Phi) is 5.07. The van der Waals surface area contributed by atoms with Crippen molar-refractivity contribution in [3.8, 4) is 5.88 Å². The molecular formula is C11H18N2O2. The number of aryl methyl sites for hydroxylation is 1. The lowest BCUT2D eigenvalue weighted by molar-refractivity contribution is 0.108. The molecule has 0 aliphatic carbocycles. The van der Waals surface area contributed by atoms with E-state index in [0.717, 1.165) is 11.3 Å². The van der Waals surface area contributed by atoms with Gasteiger partial charge in [-0.05, 0) is 19.9 Å². The van der Waals surface area contributed by atoms with E-state index in [-0.39, 0.29) is 0 Å². The van der Waals surface area contributed by atoms with E-state index in [9.17, 15) is 0 Å². The summed E-state index contributed by atoms with van der Waals surface area (Å²) in [6.07, 6.45) is 0. The van der Waals surface area contributed by atoms with Gasteiger partial charge in [0.05, 0.1) is 6.61 Å². The van der Waals surface area contributed by atoms with Gasteiger partial charge in [0.1, 0.15) is 6.61 Å². The predicted octanol–water partition coefficient (Wildman–Crippen LogP) is 1.26. The van der Waals surface area contributed by atoms with Crippen molar-refractivity contribution in [3.05, 3.63) is 23.4 Å². The minimum atomic E-state index is 0.442. The molecule has 1 aromatic heterocycles. The largest absolute Gasteiger partial charge is 0.475 e. The first-order chi connectivity index (χ1) is 7.27. The standard InChI is InChI=1S/C11H18N2O2/c1-3-14-6-7-15-11-10(8-12)5-4-9(2)13-11/h4-5H,3,6-8,12H2,1-2H3. The molecule has 0 atom stereocenters. The van der Waals surface area contributed by atoms with Crippen LogP contribution in [0.5, 0.6) is 5.88 Å². The molecule has 2 N–H and O–H groups in total. The van der Waals surface area contributed by atoms with Crippen LogP contribution in [-0.4, -0.2) is 24.8 Å². The lowest BCUT2D eigenvalue weighted by Crippen LogP contribution is -2.10. The van der Waals surface area contributed by atoms with Crippen molar-refractivity contribution in [3.63, 3.8) is 0 Å². The molecule has 0 aromatic carbocycles. The van der Waals surface area contributed by atoms with Crippen molar-refractivity contribution in [1.29, 1.82) is 0 Å². The lowest BCUT2D eigenvalue weighted by Gasteiger charge is -2.09. The fourth-order valence-corrected chi connectivity index (χ4v) is 1.18. The van der Waals surface area contributed by atoms with Crippen molar-refractivity contribution in [2.24, 2.45) is 5.73 Å². The summed E-state index contributed by atoms with van der Waals surface area (Å²) in [6, 6.07) is 3.87. The molecule has 1 rings (SSSR count). The van der Waals surface area contributed by atoms with Crippen LogP contribution in [0.4, 0.5) is 0 Å². The Hall–Kier alpha value is -1.13. The summed E-state index contributed by atoms with van der Waals surface area (Å²) in [4.78, 5) is 4.28. The zero-order valence-corrected chi connectivity index (χ0v) is 9.32. The second-order valence-electron chi connectivity index (χ2n) is 3.17. The predicted molar refractivity (Wildman–Crippen MR) is 58.9 cm³/mol. The number of rotatable bonds is 6. The topological polar surface area (TPSA) is 57.4 Å². The summed E-state index contributed by atoms with van der Waals surface area (Å²) in [6.45, 7) is 6.12. The molecule has 0 radical (unpaired) electrons. The summed E-state index contributed by atoms with van der Waals surface area (Å²) in [7, 11) is 0. The Morgan fingerprint density at radius 3 is 2.80 bits per heavy atom. The smallest absolute Gasteiger partial charge is 0.218 e. The molecule has 0 spiro atoms. The molecule has 0 saturated carbocycles. The quantitative estimate of drug-likeness (QED) is 0.718. The van der Waals surface area contributed by atoms with E-state index < -0.39 is 0 Å². The third kappa shape index (κ3) is 3.85. The molecule has 0 amide bonds. The second kappa shape index (κ2) is 6.37. The number of nitrogens with two attached hydrogens (primary N) is 1. The van der Waals surface area contributed by atoms with Crippen molar-refractivity contribution >= 4 is 0 Å². The third-order valence-electron chi connectivity index (χ3n) is 1.97. The van der Waals surface area contributed by atoms with Crippen molar-refractivity contribution in [2.45, 2.75) is 20.4 Å². The third-order valence-corrected chi connectivity index (χ3v) is 1.97. The zero-order valence-electron chi connectivity index (χ0n) is 9.32. The zero-order chi connectivity index (χ0) is 11.1. The first kappa shape index (κ1) is 11.9. The SMILES string of the molecule is CCOCCOc1nc(C)ccc1CN. The molecule has 15 heavy (non-hydrogen) atoms. The van der Waals surface area contributed by atoms with Crippen LogP contribution >= 0.6 is 0 Å². The number of aromatic nitrogens is 1. The van der Waals surface area contributed by atoms with E-state index in [0.29, 0.717) is 32.2 Å². The van der Waals surface area contributed by atoms with Crippen LogP contribution in [0.2, 0.25) is 0 Å². The molecule has 0 saturated heterocycles. The van der Waals surface area contributed by atoms with Gasteiger partial charge in [-0.3, -0.25) is 0 Å². The molecule has 4 heteroatoms. The van der Waals surface area contributed by atoms with E-state index in [1.54, 1.807) is 0 Å². The van der Waals surface area contributed by atoms with Crippen molar-refractivity contribution in [1.82, 2.24) is 4.98 Å². The molecule has 4 nitrogen and oxygen atoms in total. The van der Waals surface area contributed by atoms with Crippen LogP contribution in [-0.2, 0) is 11.3 Å². The van der Waals surface area contributed by atoms with Gasteiger partial charge >= 0.3 is 0 Å². The van der Waals surface area contributed by atoms with E-state index in [1.165, 1.54) is 0 Å². The average molecular weight is 210 g/mol. The number of ether oxygens (including phenoxy) is 2. The fraction of sp³-hybridized carbons (Fsp3) is 0.545. The molecule has 0 bridgehead atoms. The lowest BCUT2D eigenvalue weighted by atomic mass is 10.2. The number of pyridine rings is 1. The van der Waals surface area contributed by atoms with Gasteiger partial charge in [0.25, 0.3) is 0 Å². The van der Waals surface area contributed by atoms with Crippen molar-refractivity contribution in [2.75, 3.05) is 19.8 Å². The first-order valence-corrected chi connectivity index (χ1v) is 5.15. The average Bonchev–Trinajstić information content (AvgIpc) is 2.25. The van der Waals surface area contributed by atoms with Crippen LogP contribution in [0.15, 0.2) is 12.1 Å². The van der Waals surface area contributed by atoms with E-state index >= 15 is 0 Å². The Bertz CT molecular complexity index is 303. The molecule has 0 fully saturated rings. The minimum Gasteiger partial charge on any atom is -0.475 e. The van der Waals surface area contributed by atoms with Gasteiger partial charge in [-0.1, -0.05) is 6.07 Å². The van der Waals surface area contributed by atoms with Gasteiger partial charge < -0.3 is 15.2 Å². The maximum Gasteiger partial charge on any atom is 0.218 e. The highest BCUT2D eigenvalue weighted by molar-refractivity contribution is 5.27. The number of nitrogens with zero attached hydrogens (tertiary/aromatic N) is 1. The van der Waals surface area contributed by atoms with Crippen LogP contribution in [0.25, 0.3) is 0 Å². The molecule has 0 unspecified atom stereocenters. The highest BCUT2D eigenvalue weighted by atomic mass is 16.5. The Morgan fingerprint density at radius 1 is 1.33 bits per heavy atom. The summed E-state index contributed by atoms with van der Waals surface area (Å²) >= 11 is 0. The first-order valence-electron chi connectivity index (χ1n) is 5.15. The molecule has 1 heterocycles. The van der Waals surface area contributed by atoms with E-state index in [1.807, 2.05) is 26.0 Å². The van der Waals surface area contributed by atoms with Crippen LogP contribution < -0.4 is 10.5 Å². The summed E-state index contributed by atoms with van der Waals surface area (Å²) < 4.78 is 10.7. The van der Waals surface area contributed by atoms with Gasteiger partial charge in [-0.15, -0.1) is 0 Å². The minimum absolute atomic E-state index is 0.442. The van der Waals surface area contributed by atoms with Gasteiger partial charge in [-0.25, -0.2) is 4.98 Å². The van der Waals surface area contributed by atoms with E-state index in [2.05, 4.69) is 4.98 Å². The van der Waals surface area contributed by atoms with E-state index in [4.69, 9.17) is 15.2 Å². The maximum absolute atomic E-state index is 5.58. The molecule has 84 valence electrons. The molecule has 0 aliphatic rings. The molecule has 0 aliphatic heterocycles. The Morgan fingerprint density at radius 2 is 2.13 bits per heavy atom. The molecular weight excluding hydrogens is 192 g/mol. The Balaban J connectivity index is 2.54. The second-order valence-corrected chi connectivity index (χ2v) is 3.17. The fourth-order valence-electron chi connectivity index (χ4n) is 1.18. The highest BCUT2D eigenvalue weighted by Gasteiger charge is 2.03. The molecule has 1 aromatic rings. The monoisotopic (exact) mass is 210 g/mol. The van der Waals surface area contributed by atoms with Gasteiger partial charge in [0.2, 0.25) is 5.88 Å². The summed E-state index contributed by atoms with van der Waals surface area (Å²) in [5.41, 5.74) is 7.44. The summed E-state index contributed by atoms with van der Waals surface area (Å²) in [5.74, 6) is 0.622. The highest BCUT2D eigenvalue weighted by Crippen LogP contribution is 2.15. The van der Waals surface area contributed by atoms with Crippen LogP contribution in [0.3, 0.4) is 0 Å².